The van der Waals surface area contributed by atoms with Crippen LogP contribution in [0, 0.1) is 0 Å². The maximum absolute atomic E-state index is 9.21. The van der Waals surface area contributed by atoms with Gasteiger partial charge in [0, 0.05) is 21.9 Å². The van der Waals surface area contributed by atoms with E-state index >= 15 is 0 Å². The summed E-state index contributed by atoms with van der Waals surface area (Å²) in [7, 11) is -0.377. The molecule has 0 atom stereocenters. The lowest BCUT2D eigenvalue weighted by Crippen LogP contribution is -2.06. The summed E-state index contributed by atoms with van der Waals surface area (Å²) in [5.41, 5.74) is 3.75. The third-order valence-corrected chi connectivity index (χ3v) is 5.76. The van der Waals surface area contributed by atoms with Crippen molar-refractivity contribution in [3.05, 3.63) is 103 Å². The number of hydrogen-bond acceptors (Lipinski definition) is 5. The van der Waals surface area contributed by atoms with Gasteiger partial charge in [-0.25, -0.2) is 4.98 Å². The summed E-state index contributed by atoms with van der Waals surface area (Å²) >= 11 is 0. The molecule has 0 spiro atoms. The van der Waals surface area contributed by atoms with Crippen molar-refractivity contribution in [1.82, 2.24) is 19.5 Å². The first kappa shape index (κ1) is 20.1. The predicted molar refractivity (Wildman–Crippen MR) is 135 cm³/mol. The van der Waals surface area contributed by atoms with Crippen LogP contribution in [-0.4, -0.2) is 32.2 Å². The second-order valence-corrected chi connectivity index (χ2v) is 7.82. The van der Waals surface area contributed by atoms with Gasteiger partial charge in [0.25, 0.3) is 0 Å². The zero-order valence-corrected chi connectivity index (χ0v) is 18.2. The molecule has 0 unspecified atom stereocenters. The number of aromatic nitrogens is 4. The van der Waals surface area contributed by atoms with Crippen LogP contribution in [0.25, 0.3) is 50.5 Å². The lowest BCUT2D eigenvalue weighted by Gasteiger charge is -2.11. The minimum Gasteiger partial charge on any atom is -0.539 e. The SMILES string of the molecule is OBOc1ccc2c(c1)c1ccccc1n2-c1nc(-c2ccccc2)nc(-c2ccccc2)n1. The lowest BCUT2D eigenvalue weighted by molar-refractivity contribution is 0.454. The Morgan fingerprint density at radius 1 is 0.618 bits per heavy atom. The van der Waals surface area contributed by atoms with Crippen molar-refractivity contribution in [1.29, 1.82) is 0 Å². The normalized spacial score (nSPS) is 11.1. The molecule has 0 fully saturated rings. The quantitative estimate of drug-likeness (QED) is 0.383. The minimum atomic E-state index is -0.377. The summed E-state index contributed by atoms with van der Waals surface area (Å²) in [5, 5.41) is 11.2. The maximum Gasteiger partial charge on any atom is 0.504 e. The highest BCUT2D eigenvalue weighted by Gasteiger charge is 2.18. The third-order valence-electron chi connectivity index (χ3n) is 5.76. The molecule has 0 saturated heterocycles. The number of benzene rings is 4. The van der Waals surface area contributed by atoms with Gasteiger partial charge in [-0.3, -0.25) is 4.57 Å². The molecule has 0 aliphatic heterocycles. The third kappa shape index (κ3) is 3.48. The number of hydrogen-bond donors (Lipinski definition) is 1. The van der Waals surface area contributed by atoms with Crippen LogP contribution in [0.1, 0.15) is 0 Å². The Kier molecular flexibility index (Phi) is 5.01. The number of para-hydroxylation sites is 1. The predicted octanol–water partition coefficient (Wildman–Crippen LogP) is 4.94. The molecule has 7 heteroatoms. The van der Waals surface area contributed by atoms with Gasteiger partial charge in [0.05, 0.1) is 11.0 Å². The molecule has 0 bridgehead atoms. The summed E-state index contributed by atoms with van der Waals surface area (Å²) in [4.78, 5) is 14.6. The Balaban J connectivity index is 1.66. The average Bonchev–Trinajstić information content (AvgIpc) is 3.23. The van der Waals surface area contributed by atoms with Gasteiger partial charge < -0.3 is 9.68 Å². The van der Waals surface area contributed by atoms with E-state index in [2.05, 4.69) is 12.1 Å². The van der Waals surface area contributed by atoms with E-state index in [4.69, 9.17) is 19.6 Å². The van der Waals surface area contributed by atoms with Gasteiger partial charge in [-0.15, -0.1) is 0 Å². The lowest BCUT2D eigenvalue weighted by atomic mass is 10.1. The van der Waals surface area contributed by atoms with Gasteiger partial charge >= 0.3 is 7.69 Å². The molecule has 0 aliphatic rings. The summed E-state index contributed by atoms with van der Waals surface area (Å²) in [5.74, 6) is 2.35. The summed E-state index contributed by atoms with van der Waals surface area (Å²) < 4.78 is 7.39. The largest absolute Gasteiger partial charge is 0.539 e. The first-order valence-corrected chi connectivity index (χ1v) is 11.0. The molecule has 2 aromatic heterocycles. The van der Waals surface area contributed by atoms with Crippen molar-refractivity contribution >= 4 is 29.5 Å². The van der Waals surface area contributed by atoms with Crippen molar-refractivity contribution in [2.24, 2.45) is 0 Å². The Labute approximate surface area is 196 Å². The Morgan fingerprint density at radius 3 is 1.85 bits per heavy atom. The van der Waals surface area contributed by atoms with Crippen molar-refractivity contribution < 1.29 is 9.68 Å². The molecule has 6 aromatic rings. The van der Waals surface area contributed by atoms with E-state index in [1.54, 1.807) is 0 Å². The van der Waals surface area contributed by atoms with Gasteiger partial charge in [-0.1, -0.05) is 78.9 Å². The molecular formula is C27H19BN4O2. The standard InChI is InChI=1S/C27H19BN4O2/c33-28-34-20-15-16-24-22(17-20)21-13-7-8-14-23(21)32(24)27-30-25(18-9-3-1-4-10-18)29-26(31-27)19-11-5-2-6-12-19/h1-17,28,33H. The van der Waals surface area contributed by atoms with E-state index in [9.17, 15) is 5.02 Å². The molecule has 0 amide bonds. The monoisotopic (exact) mass is 442 g/mol. The highest BCUT2D eigenvalue weighted by atomic mass is 16.5. The fraction of sp³-hybridized carbons (Fsp3) is 0. The van der Waals surface area contributed by atoms with Crippen molar-refractivity contribution in [2.45, 2.75) is 0 Å². The van der Waals surface area contributed by atoms with E-state index < -0.39 is 0 Å². The summed E-state index contributed by atoms with van der Waals surface area (Å²) in [6, 6.07) is 33.7. The van der Waals surface area contributed by atoms with Crippen LogP contribution < -0.4 is 4.65 Å². The van der Waals surface area contributed by atoms with Gasteiger partial charge in [0.15, 0.2) is 11.6 Å². The van der Waals surface area contributed by atoms with Gasteiger partial charge in [0.1, 0.15) is 5.75 Å². The maximum atomic E-state index is 9.21. The van der Waals surface area contributed by atoms with Crippen LogP contribution in [0.2, 0.25) is 0 Å². The molecule has 0 aliphatic carbocycles. The molecule has 162 valence electrons. The minimum absolute atomic E-state index is 0.377. The fourth-order valence-corrected chi connectivity index (χ4v) is 4.23. The van der Waals surface area contributed by atoms with Crippen molar-refractivity contribution in [3.8, 4) is 34.5 Å². The van der Waals surface area contributed by atoms with E-state index in [0.717, 1.165) is 32.9 Å². The summed E-state index contributed by atoms with van der Waals surface area (Å²) in [6.07, 6.45) is 0. The molecule has 1 N–H and O–H groups in total. The van der Waals surface area contributed by atoms with Crippen LogP contribution in [0.15, 0.2) is 103 Å². The summed E-state index contributed by atoms with van der Waals surface area (Å²) in [6.45, 7) is 0. The first-order chi connectivity index (χ1) is 16.8. The zero-order valence-electron chi connectivity index (χ0n) is 18.2. The van der Waals surface area contributed by atoms with Gasteiger partial charge in [-0.05, 0) is 24.3 Å². The van der Waals surface area contributed by atoms with E-state index in [0.29, 0.717) is 23.3 Å². The van der Waals surface area contributed by atoms with Crippen LogP contribution in [0.4, 0.5) is 0 Å². The van der Waals surface area contributed by atoms with Crippen LogP contribution >= 0.6 is 0 Å². The van der Waals surface area contributed by atoms with Crippen molar-refractivity contribution in [2.75, 3.05) is 0 Å². The molecular weight excluding hydrogens is 423 g/mol. The number of fused-ring (bicyclic) bond motifs is 3. The fourth-order valence-electron chi connectivity index (χ4n) is 4.23. The van der Waals surface area contributed by atoms with E-state index in [-0.39, 0.29) is 7.69 Å². The van der Waals surface area contributed by atoms with Crippen LogP contribution in [0.3, 0.4) is 0 Å². The number of nitrogens with zero attached hydrogens (tertiary/aromatic N) is 4. The average molecular weight is 442 g/mol. The Hall–Kier alpha value is -4.49. The molecule has 34 heavy (non-hydrogen) atoms. The second-order valence-electron chi connectivity index (χ2n) is 7.82. The van der Waals surface area contributed by atoms with Gasteiger partial charge in [0.2, 0.25) is 5.95 Å². The molecule has 4 aromatic carbocycles. The highest BCUT2D eigenvalue weighted by Crippen LogP contribution is 2.34. The van der Waals surface area contributed by atoms with E-state index in [1.165, 1.54) is 0 Å². The number of rotatable bonds is 5. The molecule has 2 heterocycles. The zero-order chi connectivity index (χ0) is 22.9. The Bertz CT molecular complexity index is 1560. The first-order valence-electron chi connectivity index (χ1n) is 11.0. The van der Waals surface area contributed by atoms with Crippen LogP contribution in [0.5, 0.6) is 5.75 Å². The van der Waals surface area contributed by atoms with Crippen molar-refractivity contribution in [3.63, 3.8) is 0 Å². The van der Waals surface area contributed by atoms with Gasteiger partial charge in [-0.2, -0.15) is 9.97 Å². The highest BCUT2D eigenvalue weighted by molar-refractivity contribution is 6.17. The topological polar surface area (TPSA) is 73.1 Å². The molecule has 0 saturated carbocycles. The van der Waals surface area contributed by atoms with Crippen LogP contribution in [-0.2, 0) is 0 Å². The Morgan fingerprint density at radius 2 is 1.21 bits per heavy atom. The molecule has 0 radical (unpaired) electrons. The molecule has 6 rings (SSSR count). The smallest absolute Gasteiger partial charge is 0.504 e. The second kappa shape index (κ2) is 8.46. The van der Waals surface area contributed by atoms with E-state index in [1.807, 2.05) is 95.6 Å². The molecule has 6 nitrogen and oxygen atoms in total.